The molecule has 2 fully saturated rings. The second-order valence-electron chi connectivity index (χ2n) is 9.41. The minimum atomic E-state index is -0.0302. The highest BCUT2D eigenvalue weighted by Gasteiger charge is 2.41. The van der Waals surface area contributed by atoms with Crippen molar-refractivity contribution in [2.75, 3.05) is 13.6 Å². The molecule has 5 nitrogen and oxygen atoms in total. The molecule has 1 N–H and O–H groups in total. The maximum Gasteiger partial charge on any atom is 0.240 e. The second kappa shape index (κ2) is 9.70. The number of thiazole rings is 1. The molecule has 1 amide bonds. The number of rotatable bonds is 6. The molecule has 2 aliphatic rings. The molecule has 0 spiro atoms. The van der Waals surface area contributed by atoms with E-state index in [0.29, 0.717) is 17.9 Å². The molecule has 1 saturated heterocycles. The van der Waals surface area contributed by atoms with Crippen LogP contribution in [0.4, 0.5) is 0 Å². The van der Waals surface area contributed by atoms with Crippen molar-refractivity contribution < 1.29 is 9.90 Å². The van der Waals surface area contributed by atoms with Crippen LogP contribution in [-0.2, 0) is 4.79 Å². The number of phenols is 1. The van der Waals surface area contributed by atoms with Crippen molar-refractivity contribution in [2.45, 2.75) is 76.9 Å². The standard InChI is InChI=1S/C25H35N3O2S/c1-17(2)27(3)23(19-8-5-4-6-9-19)25(30)28-15-7-10-22(28)24-26-21(16-31-24)18-11-13-20(29)14-12-18/h11-14,16-17,19,22-23,29H,4-10,15H2,1-3H3/t22-,23-/m0/s1. The number of hydrogen-bond acceptors (Lipinski definition) is 5. The summed E-state index contributed by atoms with van der Waals surface area (Å²) < 4.78 is 0. The van der Waals surface area contributed by atoms with E-state index >= 15 is 0 Å². The van der Waals surface area contributed by atoms with Crippen molar-refractivity contribution in [1.29, 1.82) is 0 Å². The molecular formula is C25H35N3O2S. The number of aromatic hydroxyl groups is 1. The number of phenolic OH excluding ortho intramolecular Hbond substituents is 1. The Bertz CT molecular complexity index is 873. The molecule has 1 aliphatic carbocycles. The van der Waals surface area contributed by atoms with Crippen molar-refractivity contribution in [3.8, 4) is 17.0 Å². The Hall–Kier alpha value is -1.92. The number of nitrogens with zero attached hydrogens (tertiary/aromatic N) is 3. The van der Waals surface area contributed by atoms with Crippen LogP contribution in [0.2, 0.25) is 0 Å². The molecule has 2 aromatic rings. The number of likely N-dealkylation sites (tertiary alicyclic amines) is 1. The Kier molecular flexibility index (Phi) is 6.97. The summed E-state index contributed by atoms with van der Waals surface area (Å²) in [5.74, 6) is 1.01. The Morgan fingerprint density at radius 2 is 1.84 bits per heavy atom. The van der Waals surface area contributed by atoms with Crippen LogP contribution in [0.3, 0.4) is 0 Å². The Morgan fingerprint density at radius 3 is 2.52 bits per heavy atom. The molecular weight excluding hydrogens is 406 g/mol. The zero-order valence-corrected chi connectivity index (χ0v) is 19.8. The normalized spacial score (nSPS) is 21.2. The van der Waals surface area contributed by atoms with E-state index in [1.54, 1.807) is 23.5 Å². The van der Waals surface area contributed by atoms with Crippen LogP contribution in [0.1, 0.15) is 69.8 Å². The highest BCUT2D eigenvalue weighted by atomic mass is 32.1. The zero-order chi connectivity index (χ0) is 22.0. The quantitative estimate of drug-likeness (QED) is 0.646. The predicted octanol–water partition coefficient (Wildman–Crippen LogP) is 5.47. The third-order valence-electron chi connectivity index (χ3n) is 7.11. The lowest BCUT2D eigenvalue weighted by Crippen LogP contribution is -2.53. The smallest absolute Gasteiger partial charge is 0.240 e. The third-order valence-corrected chi connectivity index (χ3v) is 8.05. The molecule has 6 heteroatoms. The van der Waals surface area contributed by atoms with E-state index in [2.05, 4.69) is 36.1 Å². The summed E-state index contributed by atoms with van der Waals surface area (Å²) >= 11 is 1.65. The van der Waals surface area contributed by atoms with Crippen molar-refractivity contribution in [1.82, 2.24) is 14.8 Å². The van der Waals surface area contributed by atoms with Gasteiger partial charge in [0.1, 0.15) is 10.8 Å². The van der Waals surface area contributed by atoms with Crippen LogP contribution in [-0.4, -0.2) is 51.5 Å². The van der Waals surface area contributed by atoms with E-state index < -0.39 is 0 Å². The van der Waals surface area contributed by atoms with E-state index in [-0.39, 0.29) is 17.8 Å². The van der Waals surface area contributed by atoms with Gasteiger partial charge in [0.05, 0.1) is 17.8 Å². The van der Waals surface area contributed by atoms with Crippen molar-refractivity contribution in [3.05, 3.63) is 34.7 Å². The predicted molar refractivity (Wildman–Crippen MR) is 126 cm³/mol. The first-order valence-electron chi connectivity index (χ1n) is 11.7. The van der Waals surface area contributed by atoms with Gasteiger partial charge in [-0.25, -0.2) is 4.98 Å². The first-order chi connectivity index (χ1) is 15.0. The van der Waals surface area contributed by atoms with E-state index in [4.69, 9.17) is 4.98 Å². The van der Waals surface area contributed by atoms with Gasteiger partial charge in [-0.05, 0) is 76.8 Å². The topological polar surface area (TPSA) is 56.7 Å². The summed E-state index contributed by atoms with van der Waals surface area (Å²) in [7, 11) is 2.12. The number of carbonyl (C=O) groups excluding carboxylic acids is 1. The lowest BCUT2D eigenvalue weighted by atomic mass is 9.82. The van der Waals surface area contributed by atoms with Gasteiger partial charge < -0.3 is 10.0 Å². The summed E-state index contributed by atoms with van der Waals surface area (Å²) in [6.45, 7) is 5.21. The minimum Gasteiger partial charge on any atom is -0.508 e. The first kappa shape index (κ1) is 22.3. The fraction of sp³-hybridized carbons (Fsp3) is 0.600. The van der Waals surface area contributed by atoms with Crippen LogP contribution >= 0.6 is 11.3 Å². The van der Waals surface area contributed by atoms with E-state index in [1.807, 2.05) is 12.1 Å². The van der Waals surface area contributed by atoms with Gasteiger partial charge in [-0.3, -0.25) is 9.69 Å². The molecule has 31 heavy (non-hydrogen) atoms. The molecule has 2 atom stereocenters. The molecule has 1 aliphatic heterocycles. The first-order valence-corrected chi connectivity index (χ1v) is 12.6. The molecule has 1 aromatic carbocycles. The molecule has 168 valence electrons. The second-order valence-corrected chi connectivity index (χ2v) is 10.3. The van der Waals surface area contributed by atoms with Gasteiger partial charge >= 0.3 is 0 Å². The summed E-state index contributed by atoms with van der Waals surface area (Å²) in [5, 5.41) is 12.7. The van der Waals surface area contributed by atoms with E-state index in [0.717, 1.165) is 48.5 Å². The van der Waals surface area contributed by atoms with Crippen LogP contribution in [0.25, 0.3) is 11.3 Å². The highest BCUT2D eigenvalue weighted by molar-refractivity contribution is 7.10. The molecule has 4 rings (SSSR count). The van der Waals surface area contributed by atoms with Gasteiger partial charge in [-0.15, -0.1) is 11.3 Å². The molecule has 1 aromatic heterocycles. The lowest BCUT2D eigenvalue weighted by molar-refractivity contribution is -0.141. The maximum absolute atomic E-state index is 13.9. The van der Waals surface area contributed by atoms with Crippen LogP contribution in [0, 0.1) is 5.92 Å². The fourth-order valence-corrected chi connectivity index (χ4v) is 6.12. The summed E-state index contributed by atoms with van der Waals surface area (Å²) in [4.78, 5) is 23.3. The number of benzene rings is 1. The van der Waals surface area contributed by atoms with Gasteiger partial charge in [0.15, 0.2) is 0 Å². The molecule has 0 radical (unpaired) electrons. The number of aromatic nitrogens is 1. The van der Waals surface area contributed by atoms with Crippen molar-refractivity contribution >= 4 is 17.2 Å². The van der Waals surface area contributed by atoms with E-state index in [1.165, 1.54) is 19.3 Å². The lowest BCUT2D eigenvalue weighted by Gasteiger charge is -2.40. The van der Waals surface area contributed by atoms with Crippen molar-refractivity contribution in [2.24, 2.45) is 5.92 Å². The number of amides is 1. The van der Waals surface area contributed by atoms with Crippen LogP contribution in [0.15, 0.2) is 29.6 Å². The van der Waals surface area contributed by atoms with Crippen LogP contribution < -0.4 is 0 Å². The maximum atomic E-state index is 13.9. The Balaban J connectivity index is 1.56. The molecule has 2 heterocycles. The van der Waals surface area contributed by atoms with Gasteiger partial charge in [0, 0.05) is 23.5 Å². The largest absolute Gasteiger partial charge is 0.508 e. The summed E-state index contributed by atoms with van der Waals surface area (Å²) in [5.41, 5.74) is 1.92. The SMILES string of the molecule is CC(C)N(C)[C@H](C(=O)N1CCC[C@H]1c1nc(-c2ccc(O)cc2)cs1)C1CCCCC1. The van der Waals surface area contributed by atoms with E-state index in [9.17, 15) is 9.90 Å². The molecule has 0 bridgehead atoms. The zero-order valence-electron chi connectivity index (χ0n) is 19.0. The third kappa shape index (κ3) is 4.80. The minimum absolute atomic E-state index is 0.0302. The Labute approximate surface area is 190 Å². The average molecular weight is 442 g/mol. The number of likely N-dealkylation sites (N-methyl/N-ethyl adjacent to an activating group) is 1. The van der Waals surface area contributed by atoms with Gasteiger partial charge in [-0.2, -0.15) is 0 Å². The van der Waals surface area contributed by atoms with Gasteiger partial charge in [-0.1, -0.05) is 19.3 Å². The highest BCUT2D eigenvalue weighted by Crippen LogP contribution is 2.38. The van der Waals surface area contributed by atoms with Gasteiger partial charge in [0.2, 0.25) is 5.91 Å². The number of hydrogen-bond donors (Lipinski definition) is 1. The summed E-state index contributed by atoms with van der Waals surface area (Å²) in [6, 6.07) is 7.56. The summed E-state index contributed by atoms with van der Waals surface area (Å²) in [6.07, 6.45) is 8.12. The van der Waals surface area contributed by atoms with Crippen LogP contribution in [0.5, 0.6) is 5.75 Å². The molecule has 1 saturated carbocycles. The monoisotopic (exact) mass is 441 g/mol. The Morgan fingerprint density at radius 1 is 1.13 bits per heavy atom. The fourth-order valence-electron chi connectivity index (χ4n) is 5.14. The van der Waals surface area contributed by atoms with Crippen molar-refractivity contribution in [3.63, 3.8) is 0 Å². The average Bonchev–Trinajstić information content (AvgIpc) is 3.44. The van der Waals surface area contributed by atoms with Gasteiger partial charge in [0.25, 0.3) is 0 Å². The molecule has 0 unspecified atom stereocenters. The number of carbonyl (C=O) groups is 1.